The maximum atomic E-state index is 12.8. The van der Waals surface area contributed by atoms with Crippen LogP contribution in [0.4, 0.5) is 9.59 Å². The molecule has 7 fully saturated rings. The SMILES string of the molecule is C=C(C)[C@@H](OC(=O)N(C)C)C1CCC2C(CC3C4CCC5C(C)(C)[C@@H](OC6CN(C(=O)OC(C)(C)C)CCO6)CCC56C[C@@]46CCC23C)O1. The topological polar surface area (TPSA) is 86.8 Å². The number of rotatable bonds is 5. The average Bonchev–Trinajstić information content (AvgIpc) is 3.60. The second-order valence-electron chi connectivity index (χ2n) is 19.2. The molecular formula is C40H64N2O7. The quantitative estimate of drug-likeness (QED) is 0.273. The Labute approximate surface area is 295 Å². The molecule has 7 rings (SSSR count). The van der Waals surface area contributed by atoms with Crippen molar-refractivity contribution in [3.8, 4) is 0 Å². The maximum absolute atomic E-state index is 12.8. The first-order valence-electron chi connectivity index (χ1n) is 19.4. The number of ether oxygens (including phenoxy) is 5. The number of hydrogen-bond donors (Lipinski definition) is 0. The molecule has 9 unspecified atom stereocenters. The van der Waals surface area contributed by atoms with Gasteiger partial charge in [-0.2, -0.15) is 0 Å². The lowest BCUT2D eigenvalue weighted by Gasteiger charge is -2.60. The first kappa shape index (κ1) is 35.6. The monoisotopic (exact) mass is 684 g/mol. The van der Waals surface area contributed by atoms with Gasteiger partial charge in [0.05, 0.1) is 31.5 Å². The highest BCUT2D eigenvalue weighted by atomic mass is 16.7. The zero-order chi connectivity index (χ0) is 35.3. The fourth-order valence-corrected chi connectivity index (χ4v) is 12.8. The molecular weight excluding hydrogens is 620 g/mol. The maximum Gasteiger partial charge on any atom is 0.410 e. The van der Waals surface area contributed by atoms with Crippen LogP contribution in [-0.2, 0) is 23.7 Å². The molecule has 2 aliphatic heterocycles. The van der Waals surface area contributed by atoms with E-state index in [9.17, 15) is 9.59 Å². The summed E-state index contributed by atoms with van der Waals surface area (Å²) in [5.41, 5.74) is 1.55. The van der Waals surface area contributed by atoms with E-state index in [-0.39, 0.29) is 35.9 Å². The molecule has 49 heavy (non-hydrogen) atoms. The minimum Gasteiger partial charge on any atom is -0.444 e. The molecule has 2 heterocycles. The van der Waals surface area contributed by atoms with Gasteiger partial charge in [0.2, 0.25) is 0 Å². The summed E-state index contributed by atoms with van der Waals surface area (Å²) in [6, 6.07) is 0. The average molecular weight is 685 g/mol. The Kier molecular flexibility index (Phi) is 8.79. The van der Waals surface area contributed by atoms with Gasteiger partial charge in [0.25, 0.3) is 0 Å². The molecule has 7 aliphatic rings. The van der Waals surface area contributed by atoms with E-state index in [1.807, 2.05) is 27.7 Å². The first-order valence-corrected chi connectivity index (χ1v) is 19.4. The Hall–Kier alpha value is -1.84. The molecule has 276 valence electrons. The van der Waals surface area contributed by atoms with Crippen molar-refractivity contribution < 1.29 is 33.3 Å². The lowest BCUT2D eigenvalue weighted by Crippen LogP contribution is -2.56. The summed E-state index contributed by atoms with van der Waals surface area (Å²) in [6.07, 6.45) is 10.8. The van der Waals surface area contributed by atoms with E-state index >= 15 is 0 Å². The number of fused-ring (bicyclic) bond motifs is 4. The molecule has 5 saturated carbocycles. The standard InChI is InChI=1S/C40H64N2O7/c1-24(2)33(48-34(43)41(9)10)28-13-11-26-29(46-28)21-27-25-12-14-30-37(6,7)31(15-16-40(30)23-39(25,40)18-17-38(26,27)8)47-32-22-42(19-20-45-32)35(44)49-36(3,4)5/h25-33H,1,11-23H2,2-10H3/t25?,26?,27?,28?,29?,30?,31-,32?,33+,38?,39-,40?/m0/s1. The van der Waals surface area contributed by atoms with Crippen molar-refractivity contribution in [2.45, 2.75) is 149 Å². The molecule has 0 bridgehead atoms. The first-order chi connectivity index (χ1) is 22.9. The largest absolute Gasteiger partial charge is 0.444 e. The van der Waals surface area contributed by atoms with Crippen molar-refractivity contribution in [3.05, 3.63) is 12.2 Å². The molecule has 0 aromatic heterocycles. The lowest BCUT2D eigenvalue weighted by atomic mass is 9.46. The Balaban J connectivity index is 1.02. The molecule has 2 saturated heterocycles. The van der Waals surface area contributed by atoms with Gasteiger partial charge in [-0.25, -0.2) is 9.59 Å². The van der Waals surface area contributed by atoms with Gasteiger partial charge >= 0.3 is 12.2 Å². The minimum atomic E-state index is -0.525. The van der Waals surface area contributed by atoms with Crippen LogP contribution in [0, 0.1) is 45.3 Å². The normalized spacial score (nSPS) is 44.2. The van der Waals surface area contributed by atoms with Gasteiger partial charge in [0, 0.05) is 20.6 Å². The van der Waals surface area contributed by atoms with Crippen LogP contribution < -0.4 is 0 Å². The summed E-state index contributed by atoms with van der Waals surface area (Å²) in [5.74, 6) is 2.66. The Morgan fingerprint density at radius 3 is 2.39 bits per heavy atom. The third kappa shape index (κ3) is 5.75. The molecule has 12 atom stereocenters. The van der Waals surface area contributed by atoms with Crippen molar-refractivity contribution >= 4 is 12.2 Å². The van der Waals surface area contributed by atoms with Gasteiger partial charge in [0.1, 0.15) is 5.60 Å². The molecule has 0 radical (unpaired) electrons. The number of carbonyl (C=O) groups excluding carboxylic acids is 2. The highest BCUT2D eigenvalue weighted by Crippen LogP contribution is 2.87. The van der Waals surface area contributed by atoms with Crippen LogP contribution in [-0.4, -0.2) is 92.1 Å². The highest BCUT2D eigenvalue weighted by Gasteiger charge is 2.80. The number of morpholine rings is 1. The van der Waals surface area contributed by atoms with E-state index in [1.165, 1.54) is 43.4 Å². The molecule has 0 aromatic carbocycles. The van der Waals surface area contributed by atoms with Gasteiger partial charge in [-0.15, -0.1) is 0 Å². The number of hydrogen-bond acceptors (Lipinski definition) is 7. The van der Waals surface area contributed by atoms with Gasteiger partial charge in [-0.3, -0.25) is 0 Å². The summed E-state index contributed by atoms with van der Waals surface area (Å²) in [6.45, 7) is 20.8. The van der Waals surface area contributed by atoms with Crippen LogP contribution >= 0.6 is 0 Å². The van der Waals surface area contributed by atoms with E-state index in [2.05, 4.69) is 27.4 Å². The van der Waals surface area contributed by atoms with Crippen LogP contribution in [0.1, 0.15) is 113 Å². The van der Waals surface area contributed by atoms with Crippen molar-refractivity contribution in [3.63, 3.8) is 0 Å². The fraction of sp³-hybridized carbons (Fsp3) is 0.900. The van der Waals surface area contributed by atoms with Gasteiger partial charge in [-0.1, -0.05) is 27.4 Å². The zero-order valence-corrected chi connectivity index (χ0v) is 31.8. The van der Waals surface area contributed by atoms with Gasteiger partial charge < -0.3 is 33.5 Å². The predicted molar refractivity (Wildman–Crippen MR) is 187 cm³/mol. The van der Waals surface area contributed by atoms with Crippen LogP contribution in [0.3, 0.4) is 0 Å². The highest BCUT2D eigenvalue weighted by molar-refractivity contribution is 5.68. The number of amides is 2. The van der Waals surface area contributed by atoms with Crippen molar-refractivity contribution in [2.24, 2.45) is 45.3 Å². The molecule has 9 heteroatoms. The molecule has 0 aromatic rings. The number of carbonyl (C=O) groups is 2. The summed E-state index contributed by atoms with van der Waals surface area (Å²) >= 11 is 0. The smallest absolute Gasteiger partial charge is 0.410 e. The molecule has 0 N–H and O–H groups in total. The Bertz CT molecular complexity index is 1330. The molecule has 2 spiro atoms. The van der Waals surface area contributed by atoms with Crippen LogP contribution in [0.2, 0.25) is 0 Å². The third-order valence-electron chi connectivity index (χ3n) is 15.0. The fourth-order valence-electron chi connectivity index (χ4n) is 12.8. The predicted octanol–water partition coefficient (Wildman–Crippen LogP) is 7.81. The van der Waals surface area contributed by atoms with Gasteiger partial charge in [-0.05, 0) is 143 Å². The summed E-state index contributed by atoms with van der Waals surface area (Å²) in [7, 11) is 3.45. The summed E-state index contributed by atoms with van der Waals surface area (Å²) < 4.78 is 31.4. The van der Waals surface area contributed by atoms with E-state index in [1.54, 1.807) is 19.0 Å². The third-order valence-corrected chi connectivity index (χ3v) is 15.0. The van der Waals surface area contributed by atoms with Gasteiger partial charge in [0.15, 0.2) is 12.4 Å². The Morgan fingerprint density at radius 2 is 1.69 bits per heavy atom. The molecule has 5 aliphatic carbocycles. The summed E-state index contributed by atoms with van der Waals surface area (Å²) in [4.78, 5) is 28.6. The van der Waals surface area contributed by atoms with Crippen molar-refractivity contribution in [1.29, 1.82) is 0 Å². The lowest BCUT2D eigenvalue weighted by molar-refractivity contribution is -0.243. The van der Waals surface area contributed by atoms with Crippen LogP contribution in [0.25, 0.3) is 0 Å². The van der Waals surface area contributed by atoms with E-state index in [0.717, 1.165) is 37.2 Å². The Morgan fingerprint density at radius 1 is 0.959 bits per heavy atom. The van der Waals surface area contributed by atoms with E-state index in [4.69, 9.17) is 23.7 Å². The second-order valence-corrected chi connectivity index (χ2v) is 19.2. The van der Waals surface area contributed by atoms with Crippen LogP contribution in [0.15, 0.2) is 12.2 Å². The second kappa shape index (κ2) is 12.1. The summed E-state index contributed by atoms with van der Waals surface area (Å²) in [5, 5.41) is 0. The van der Waals surface area contributed by atoms with E-state index < -0.39 is 18.0 Å². The van der Waals surface area contributed by atoms with Crippen LogP contribution in [0.5, 0.6) is 0 Å². The number of nitrogens with zero attached hydrogens (tertiary/aromatic N) is 2. The molecule has 9 nitrogen and oxygen atoms in total. The molecule has 2 amide bonds. The minimum absolute atomic E-state index is 0.0343. The van der Waals surface area contributed by atoms with Crippen molar-refractivity contribution in [2.75, 3.05) is 33.8 Å². The van der Waals surface area contributed by atoms with Crippen molar-refractivity contribution in [1.82, 2.24) is 9.80 Å². The van der Waals surface area contributed by atoms with E-state index in [0.29, 0.717) is 53.7 Å². The zero-order valence-electron chi connectivity index (χ0n) is 31.8.